The topological polar surface area (TPSA) is 83.8 Å². The molecule has 3 aromatic heterocycles. The Morgan fingerprint density at radius 1 is 0.828 bits per heavy atom. The van der Waals surface area contributed by atoms with Crippen molar-refractivity contribution in [3.05, 3.63) is 54.9 Å². The van der Waals surface area contributed by atoms with Gasteiger partial charge in [0.15, 0.2) is 0 Å². The van der Waals surface area contributed by atoms with Crippen molar-refractivity contribution < 1.29 is 4.74 Å². The third-order valence-electron chi connectivity index (χ3n) is 5.31. The van der Waals surface area contributed by atoms with Gasteiger partial charge in [-0.15, -0.1) is 10.2 Å². The number of nitrogens with zero attached hydrogens (tertiary/aromatic N) is 5. The van der Waals surface area contributed by atoms with E-state index in [0.717, 1.165) is 38.7 Å². The van der Waals surface area contributed by atoms with Crippen molar-refractivity contribution in [3.8, 4) is 28.3 Å². The molecule has 0 aliphatic heterocycles. The summed E-state index contributed by atoms with van der Waals surface area (Å²) in [7, 11) is 5.69. The van der Waals surface area contributed by atoms with E-state index in [1.54, 1.807) is 7.11 Å². The van der Waals surface area contributed by atoms with E-state index in [0.29, 0.717) is 11.4 Å². The van der Waals surface area contributed by atoms with Crippen LogP contribution in [0.2, 0.25) is 0 Å². The number of aryl methyl sites for hydroxylation is 2. The minimum Gasteiger partial charge on any atom is -0.497 e. The van der Waals surface area contributed by atoms with Crippen LogP contribution in [0.1, 0.15) is 0 Å². The van der Waals surface area contributed by atoms with Crippen molar-refractivity contribution in [2.24, 2.45) is 14.1 Å². The molecule has 29 heavy (non-hydrogen) atoms. The summed E-state index contributed by atoms with van der Waals surface area (Å²) in [4.78, 5) is 4.60. The Morgan fingerprint density at radius 3 is 2.28 bits per heavy atom. The third kappa shape index (κ3) is 2.62. The molecule has 0 saturated heterocycles. The van der Waals surface area contributed by atoms with Crippen molar-refractivity contribution in [1.29, 1.82) is 0 Å². The largest absolute Gasteiger partial charge is 0.497 e. The van der Waals surface area contributed by atoms with Crippen molar-refractivity contribution in [1.82, 2.24) is 24.3 Å². The van der Waals surface area contributed by atoms with Gasteiger partial charge < -0.3 is 19.6 Å². The van der Waals surface area contributed by atoms with E-state index in [9.17, 15) is 0 Å². The molecule has 0 aliphatic carbocycles. The number of nitrogen functional groups attached to an aromatic ring is 1. The summed E-state index contributed by atoms with van der Waals surface area (Å²) in [5.41, 5.74) is 11.4. The highest BCUT2D eigenvalue weighted by Crippen LogP contribution is 2.38. The highest BCUT2D eigenvalue weighted by atomic mass is 16.5. The summed E-state index contributed by atoms with van der Waals surface area (Å²) in [6.45, 7) is 0. The van der Waals surface area contributed by atoms with Gasteiger partial charge in [-0.25, -0.2) is 4.98 Å². The van der Waals surface area contributed by atoms with Gasteiger partial charge in [-0.2, -0.15) is 0 Å². The minimum atomic E-state index is 0.142. The molecule has 3 heterocycles. The molecule has 144 valence electrons. The van der Waals surface area contributed by atoms with E-state index in [2.05, 4.69) is 42.6 Å². The number of aromatic nitrogens is 5. The lowest BCUT2D eigenvalue weighted by molar-refractivity contribution is 0.415. The van der Waals surface area contributed by atoms with E-state index < -0.39 is 0 Å². The first-order chi connectivity index (χ1) is 14.1. The summed E-state index contributed by atoms with van der Waals surface area (Å²) in [5.74, 6) is 0.926. The summed E-state index contributed by atoms with van der Waals surface area (Å²) in [6, 6.07) is 14.2. The lowest BCUT2D eigenvalue weighted by Gasteiger charge is -2.07. The molecule has 7 nitrogen and oxygen atoms in total. The number of para-hydroxylation sites is 1. The molecule has 0 spiro atoms. The van der Waals surface area contributed by atoms with Crippen LogP contribution in [0, 0.1) is 0 Å². The van der Waals surface area contributed by atoms with Gasteiger partial charge in [0.25, 0.3) is 0 Å². The molecule has 0 aliphatic rings. The first-order valence-electron chi connectivity index (χ1n) is 9.25. The fourth-order valence-corrected chi connectivity index (χ4v) is 3.92. The first-order valence-corrected chi connectivity index (χ1v) is 9.25. The van der Waals surface area contributed by atoms with Crippen LogP contribution in [0.5, 0.6) is 5.75 Å². The van der Waals surface area contributed by atoms with Crippen LogP contribution in [0.4, 0.5) is 5.95 Å². The van der Waals surface area contributed by atoms with Crippen LogP contribution < -0.4 is 10.5 Å². The molecule has 2 N–H and O–H groups in total. The number of hydrogen-bond donors (Lipinski definition) is 1. The third-order valence-corrected chi connectivity index (χ3v) is 5.31. The minimum absolute atomic E-state index is 0.142. The Hall–Kier alpha value is -3.87. The van der Waals surface area contributed by atoms with E-state index in [1.165, 1.54) is 0 Å². The van der Waals surface area contributed by atoms with Crippen molar-refractivity contribution in [2.75, 3.05) is 12.8 Å². The average molecular weight is 384 g/mol. The molecule has 0 saturated carbocycles. The van der Waals surface area contributed by atoms with Gasteiger partial charge >= 0.3 is 0 Å². The Kier molecular flexibility index (Phi) is 3.77. The maximum absolute atomic E-state index is 5.95. The number of methoxy groups -OCH3 is 1. The molecule has 2 aromatic carbocycles. The second-order valence-electron chi connectivity index (χ2n) is 7.07. The lowest BCUT2D eigenvalue weighted by atomic mass is 10.0. The predicted molar refractivity (Wildman–Crippen MR) is 115 cm³/mol. The quantitative estimate of drug-likeness (QED) is 0.512. The SMILES string of the molecule is COc1ccc2c(c1)c(-c1nc(N)nnc1-c1cn(C)c3ccccc13)cn2C. The van der Waals surface area contributed by atoms with E-state index in [-0.39, 0.29) is 5.95 Å². The number of anilines is 1. The molecule has 7 heteroatoms. The lowest BCUT2D eigenvalue weighted by Crippen LogP contribution is -2.02. The maximum Gasteiger partial charge on any atom is 0.240 e. The zero-order valence-electron chi connectivity index (χ0n) is 16.4. The van der Waals surface area contributed by atoms with Crippen LogP contribution in [-0.4, -0.2) is 31.4 Å². The highest BCUT2D eigenvalue weighted by molar-refractivity contribution is 6.03. The number of nitrogens with two attached hydrogens (primary N) is 1. The normalized spacial score (nSPS) is 11.4. The molecular formula is C22H20N6O. The number of benzene rings is 2. The van der Waals surface area contributed by atoms with Crippen molar-refractivity contribution in [2.45, 2.75) is 0 Å². The summed E-state index contributed by atoms with van der Waals surface area (Å²) >= 11 is 0. The van der Waals surface area contributed by atoms with Gasteiger partial charge in [-0.1, -0.05) is 18.2 Å². The predicted octanol–water partition coefficient (Wildman–Crippen LogP) is 3.78. The molecule has 5 rings (SSSR count). The first kappa shape index (κ1) is 17.2. The summed E-state index contributed by atoms with van der Waals surface area (Å²) in [6.07, 6.45) is 4.10. The van der Waals surface area contributed by atoms with E-state index >= 15 is 0 Å². The Balaban J connectivity index is 1.84. The number of fused-ring (bicyclic) bond motifs is 2. The Morgan fingerprint density at radius 2 is 1.52 bits per heavy atom. The van der Waals surface area contributed by atoms with Crippen LogP contribution in [0.3, 0.4) is 0 Å². The molecule has 0 amide bonds. The second kappa shape index (κ2) is 6.34. The van der Waals surface area contributed by atoms with Crippen LogP contribution in [-0.2, 0) is 14.1 Å². The Labute approximate surface area is 167 Å². The van der Waals surface area contributed by atoms with Crippen LogP contribution in [0.15, 0.2) is 54.9 Å². The van der Waals surface area contributed by atoms with Gasteiger partial charge in [-0.3, -0.25) is 0 Å². The van der Waals surface area contributed by atoms with E-state index in [1.807, 2.05) is 50.6 Å². The fraction of sp³-hybridized carbons (Fsp3) is 0.136. The van der Waals surface area contributed by atoms with E-state index in [4.69, 9.17) is 10.5 Å². The monoisotopic (exact) mass is 384 g/mol. The molecule has 5 aromatic rings. The average Bonchev–Trinajstić information content (AvgIpc) is 3.25. The van der Waals surface area contributed by atoms with Gasteiger partial charge in [0.2, 0.25) is 5.95 Å². The zero-order valence-corrected chi connectivity index (χ0v) is 16.4. The van der Waals surface area contributed by atoms with Crippen LogP contribution in [0.25, 0.3) is 44.3 Å². The van der Waals surface area contributed by atoms with Gasteiger partial charge in [0.05, 0.1) is 7.11 Å². The summed E-state index contributed by atoms with van der Waals surface area (Å²) < 4.78 is 9.58. The summed E-state index contributed by atoms with van der Waals surface area (Å²) in [5, 5.41) is 10.6. The van der Waals surface area contributed by atoms with Gasteiger partial charge in [0.1, 0.15) is 17.1 Å². The molecule has 0 atom stereocenters. The van der Waals surface area contributed by atoms with Crippen LogP contribution >= 0.6 is 0 Å². The molecular weight excluding hydrogens is 364 g/mol. The number of hydrogen-bond acceptors (Lipinski definition) is 5. The highest BCUT2D eigenvalue weighted by Gasteiger charge is 2.20. The Bertz CT molecular complexity index is 1380. The maximum atomic E-state index is 5.95. The number of ether oxygens (including phenoxy) is 1. The molecule has 0 bridgehead atoms. The smallest absolute Gasteiger partial charge is 0.240 e. The van der Waals surface area contributed by atoms with Crippen molar-refractivity contribution in [3.63, 3.8) is 0 Å². The van der Waals surface area contributed by atoms with Crippen molar-refractivity contribution >= 4 is 27.8 Å². The van der Waals surface area contributed by atoms with Gasteiger partial charge in [-0.05, 0) is 24.3 Å². The molecule has 0 radical (unpaired) electrons. The molecule has 0 fully saturated rings. The zero-order chi connectivity index (χ0) is 20.1. The fourth-order valence-electron chi connectivity index (χ4n) is 3.92. The standard InChI is InChI=1S/C22H20N6O/c1-27-11-16(14-6-4-5-7-18(14)27)21-20(24-22(23)26-25-21)17-12-28(2)19-9-8-13(29-3)10-15(17)19/h4-12H,1-3H3,(H2,23,24,26). The second-order valence-corrected chi connectivity index (χ2v) is 7.07. The van der Waals surface area contributed by atoms with Gasteiger partial charge in [0, 0.05) is 59.4 Å². The molecule has 0 unspecified atom stereocenters. The number of rotatable bonds is 3.